The Bertz CT molecular complexity index is 571. The van der Waals surface area contributed by atoms with Crippen molar-refractivity contribution in [3.8, 4) is 0 Å². The molecule has 0 aromatic carbocycles. The number of fused-ring (bicyclic) bond motifs is 1. The molecule has 0 atom stereocenters. The maximum atomic E-state index is 11.7. The van der Waals surface area contributed by atoms with E-state index in [1.165, 1.54) is 17.1 Å². The van der Waals surface area contributed by atoms with Crippen LogP contribution in [0, 0.1) is 0 Å². The third kappa shape index (κ3) is 1.79. The van der Waals surface area contributed by atoms with E-state index in [2.05, 4.69) is 20.3 Å². The molecular weight excluding hydrogens is 210 g/mol. The molecule has 2 aromatic heterocycles. The molecule has 16 heavy (non-hydrogen) atoms. The molecule has 0 saturated heterocycles. The largest absolute Gasteiger partial charge is 0.346 e. The first-order chi connectivity index (χ1) is 7.72. The minimum absolute atomic E-state index is 0.279. The molecule has 0 aliphatic carbocycles. The topological polar surface area (TPSA) is 92.7 Å². The molecule has 0 aliphatic rings. The van der Waals surface area contributed by atoms with Gasteiger partial charge in [0.1, 0.15) is 11.8 Å². The average Bonchev–Trinajstić information content (AvgIpc) is 2.68. The summed E-state index contributed by atoms with van der Waals surface area (Å²) in [4.78, 5) is 32.5. The van der Waals surface area contributed by atoms with Gasteiger partial charge in [-0.05, 0) is 6.42 Å². The summed E-state index contributed by atoms with van der Waals surface area (Å²) in [5.74, 6) is 0. The molecule has 0 aliphatic heterocycles. The molecule has 0 radical (unpaired) electrons. The van der Waals surface area contributed by atoms with Crippen molar-refractivity contribution in [2.75, 3.05) is 6.54 Å². The lowest BCUT2D eigenvalue weighted by molar-refractivity contribution is 0.243. The van der Waals surface area contributed by atoms with E-state index in [-0.39, 0.29) is 6.03 Å². The Labute approximate surface area is 90.5 Å². The molecule has 84 valence electrons. The van der Waals surface area contributed by atoms with Crippen molar-refractivity contribution >= 4 is 17.2 Å². The van der Waals surface area contributed by atoms with E-state index in [0.717, 1.165) is 6.42 Å². The van der Waals surface area contributed by atoms with Gasteiger partial charge in [-0.1, -0.05) is 6.92 Å². The SMILES string of the molecule is CCCNC(=O)n1cnc2[nH]c(=O)ncc21. The van der Waals surface area contributed by atoms with Gasteiger partial charge in [-0.3, -0.25) is 4.98 Å². The third-order valence-corrected chi connectivity index (χ3v) is 2.08. The molecule has 2 N–H and O–H groups in total. The number of H-pyrrole nitrogens is 1. The van der Waals surface area contributed by atoms with Gasteiger partial charge in [0.2, 0.25) is 0 Å². The number of nitrogens with zero attached hydrogens (tertiary/aromatic N) is 3. The quantitative estimate of drug-likeness (QED) is 0.751. The fraction of sp³-hybridized carbons (Fsp3) is 0.333. The molecule has 7 nitrogen and oxygen atoms in total. The number of carbonyl (C=O) groups is 1. The van der Waals surface area contributed by atoms with Gasteiger partial charge in [-0.25, -0.2) is 19.1 Å². The molecule has 2 heterocycles. The number of aromatic amines is 1. The van der Waals surface area contributed by atoms with Gasteiger partial charge in [-0.15, -0.1) is 0 Å². The first kappa shape index (κ1) is 10.3. The van der Waals surface area contributed by atoms with Crippen LogP contribution in [0.25, 0.3) is 11.2 Å². The first-order valence-corrected chi connectivity index (χ1v) is 4.93. The van der Waals surface area contributed by atoms with E-state index in [4.69, 9.17) is 0 Å². The zero-order valence-corrected chi connectivity index (χ0v) is 8.73. The molecule has 2 aromatic rings. The van der Waals surface area contributed by atoms with Gasteiger partial charge in [0.25, 0.3) is 0 Å². The zero-order chi connectivity index (χ0) is 11.5. The molecule has 0 spiro atoms. The van der Waals surface area contributed by atoms with Gasteiger partial charge >= 0.3 is 11.7 Å². The van der Waals surface area contributed by atoms with Gasteiger partial charge < -0.3 is 5.32 Å². The van der Waals surface area contributed by atoms with Gasteiger partial charge in [-0.2, -0.15) is 4.98 Å². The lowest BCUT2D eigenvalue weighted by Crippen LogP contribution is -2.28. The van der Waals surface area contributed by atoms with E-state index < -0.39 is 5.69 Å². The highest BCUT2D eigenvalue weighted by atomic mass is 16.2. The predicted molar refractivity (Wildman–Crippen MR) is 57.2 cm³/mol. The summed E-state index contributed by atoms with van der Waals surface area (Å²) in [5, 5.41) is 2.71. The standard InChI is InChI=1S/C9H11N5O2/c1-2-3-10-9(16)14-5-12-7-6(14)4-11-8(15)13-7/h4-5H,2-3H2,1H3,(H,10,16)(H,11,13,15). The van der Waals surface area contributed by atoms with Crippen LogP contribution in [-0.4, -0.2) is 32.1 Å². The Morgan fingerprint density at radius 2 is 2.38 bits per heavy atom. The molecule has 7 heteroatoms. The second-order valence-corrected chi connectivity index (χ2v) is 3.27. The van der Waals surface area contributed by atoms with Crippen LogP contribution in [0.3, 0.4) is 0 Å². The number of rotatable bonds is 2. The van der Waals surface area contributed by atoms with Crippen LogP contribution in [0.15, 0.2) is 17.3 Å². The van der Waals surface area contributed by atoms with Crippen molar-refractivity contribution < 1.29 is 4.79 Å². The minimum atomic E-state index is -0.480. The highest BCUT2D eigenvalue weighted by molar-refractivity contribution is 5.86. The van der Waals surface area contributed by atoms with Crippen LogP contribution in [0.1, 0.15) is 13.3 Å². The summed E-state index contributed by atoms with van der Waals surface area (Å²) < 4.78 is 1.31. The van der Waals surface area contributed by atoms with E-state index in [1.807, 2.05) is 6.92 Å². The fourth-order valence-electron chi connectivity index (χ4n) is 1.31. The van der Waals surface area contributed by atoms with E-state index in [1.54, 1.807) is 0 Å². The van der Waals surface area contributed by atoms with E-state index >= 15 is 0 Å². The Morgan fingerprint density at radius 1 is 1.56 bits per heavy atom. The molecule has 0 bridgehead atoms. The van der Waals surface area contributed by atoms with Crippen molar-refractivity contribution in [1.82, 2.24) is 24.8 Å². The number of aromatic nitrogens is 4. The van der Waals surface area contributed by atoms with Crippen molar-refractivity contribution in [2.45, 2.75) is 13.3 Å². The number of hydrogen-bond acceptors (Lipinski definition) is 4. The Kier molecular flexibility index (Phi) is 2.67. The van der Waals surface area contributed by atoms with Crippen molar-refractivity contribution in [3.63, 3.8) is 0 Å². The lowest BCUT2D eigenvalue weighted by atomic mass is 10.5. The Balaban J connectivity index is 2.38. The average molecular weight is 221 g/mol. The fourth-order valence-corrected chi connectivity index (χ4v) is 1.31. The maximum absolute atomic E-state index is 11.7. The normalized spacial score (nSPS) is 10.6. The number of amides is 1. The number of imidazole rings is 1. The first-order valence-electron chi connectivity index (χ1n) is 4.93. The van der Waals surface area contributed by atoms with Crippen LogP contribution in [0.5, 0.6) is 0 Å². The second kappa shape index (κ2) is 4.13. The van der Waals surface area contributed by atoms with Crippen LogP contribution < -0.4 is 11.0 Å². The number of hydrogen-bond donors (Lipinski definition) is 2. The minimum Gasteiger partial charge on any atom is -0.337 e. The molecule has 0 fully saturated rings. The van der Waals surface area contributed by atoms with Crippen LogP contribution >= 0.6 is 0 Å². The predicted octanol–water partition coefficient (Wildman–Crippen LogP) is 0.0873. The van der Waals surface area contributed by atoms with E-state index in [9.17, 15) is 9.59 Å². The Hall–Kier alpha value is -2.18. The molecule has 1 amide bonds. The zero-order valence-electron chi connectivity index (χ0n) is 8.73. The highest BCUT2D eigenvalue weighted by Crippen LogP contribution is 2.05. The second-order valence-electron chi connectivity index (χ2n) is 3.27. The summed E-state index contributed by atoms with van der Waals surface area (Å²) in [6.07, 6.45) is 3.54. The van der Waals surface area contributed by atoms with Gasteiger partial charge in [0.15, 0.2) is 5.65 Å². The van der Waals surface area contributed by atoms with Crippen molar-refractivity contribution in [1.29, 1.82) is 0 Å². The molecular formula is C9H11N5O2. The van der Waals surface area contributed by atoms with E-state index in [0.29, 0.717) is 17.7 Å². The monoisotopic (exact) mass is 221 g/mol. The number of carbonyl (C=O) groups excluding carboxylic acids is 1. The molecule has 2 rings (SSSR count). The summed E-state index contributed by atoms with van der Waals surface area (Å²) in [7, 11) is 0. The maximum Gasteiger partial charge on any atom is 0.346 e. The van der Waals surface area contributed by atoms with Crippen LogP contribution in [-0.2, 0) is 0 Å². The lowest BCUT2D eigenvalue weighted by Gasteiger charge is -2.03. The van der Waals surface area contributed by atoms with Crippen LogP contribution in [0.2, 0.25) is 0 Å². The van der Waals surface area contributed by atoms with Crippen LogP contribution in [0.4, 0.5) is 4.79 Å². The smallest absolute Gasteiger partial charge is 0.337 e. The third-order valence-electron chi connectivity index (χ3n) is 2.08. The van der Waals surface area contributed by atoms with Crippen molar-refractivity contribution in [2.24, 2.45) is 0 Å². The molecule has 0 unspecified atom stereocenters. The summed E-state index contributed by atoms with van der Waals surface area (Å²) in [6.45, 7) is 2.56. The molecule has 0 saturated carbocycles. The van der Waals surface area contributed by atoms with Gasteiger partial charge in [0, 0.05) is 6.54 Å². The number of nitrogens with one attached hydrogen (secondary N) is 2. The van der Waals surface area contributed by atoms with Crippen molar-refractivity contribution in [3.05, 3.63) is 23.0 Å². The van der Waals surface area contributed by atoms with Gasteiger partial charge in [0.05, 0.1) is 6.20 Å². The summed E-state index contributed by atoms with van der Waals surface area (Å²) in [5.41, 5.74) is 0.353. The summed E-state index contributed by atoms with van der Waals surface area (Å²) >= 11 is 0. The summed E-state index contributed by atoms with van der Waals surface area (Å²) in [6, 6.07) is -0.279. The highest BCUT2D eigenvalue weighted by Gasteiger charge is 2.09. The Morgan fingerprint density at radius 3 is 3.12 bits per heavy atom.